The number of nitrogens with one attached hydrogen (secondary N) is 1. The summed E-state index contributed by atoms with van der Waals surface area (Å²) in [6.45, 7) is 1.97. The van der Waals surface area contributed by atoms with Crippen LogP contribution in [0.1, 0.15) is 6.92 Å². The monoisotopic (exact) mass is 221 g/mol. The van der Waals surface area contributed by atoms with Crippen LogP contribution in [0.15, 0.2) is 18.2 Å². The number of aromatic nitrogens is 2. The molecule has 0 amide bonds. The maximum atomic E-state index is 11.0. The van der Waals surface area contributed by atoms with Crippen molar-refractivity contribution >= 4 is 23.0 Å². The van der Waals surface area contributed by atoms with Crippen molar-refractivity contribution in [3.63, 3.8) is 0 Å². The van der Waals surface area contributed by atoms with E-state index in [1.165, 1.54) is 0 Å². The smallest absolute Gasteiger partial charge is 0.434 e. The second-order valence-corrected chi connectivity index (χ2v) is 3.09. The van der Waals surface area contributed by atoms with E-state index in [-0.39, 0.29) is 12.5 Å². The van der Waals surface area contributed by atoms with E-state index >= 15 is 0 Å². The molecule has 2 heterocycles. The molecule has 2 rings (SSSR count). The number of nitrogens with two attached hydrogens (primary N) is 1. The predicted octanol–water partition coefficient (Wildman–Crippen LogP) is 1.68. The normalized spacial score (nSPS) is 10.3. The molecule has 84 valence electrons. The van der Waals surface area contributed by atoms with Gasteiger partial charge in [-0.05, 0) is 19.1 Å². The maximum Gasteiger partial charge on any atom is 0.515 e. The largest absolute Gasteiger partial charge is 0.515 e. The molecule has 3 N–H and O–H groups in total. The lowest BCUT2D eigenvalue weighted by Crippen LogP contribution is -2.09. The molecular formula is C10H11N3O3. The van der Waals surface area contributed by atoms with Crippen LogP contribution in [-0.4, -0.2) is 22.7 Å². The third-order valence-corrected chi connectivity index (χ3v) is 1.93. The van der Waals surface area contributed by atoms with Gasteiger partial charge in [-0.15, -0.1) is 0 Å². The minimum Gasteiger partial charge on any atom is -0.434 e. The quantitative estimate of drug-likeness (QED) is 0.753. The fourth-order valence-corrected chi connectivity index (χ4v) is 1.29. The molecule has 0 aliphatic heterocycles. The number of aromatic amines is 1. The number of hydrogen-bond acceptors (Lipinski definition) is 5. The molecule has 0 unspecified atom stereocenters. The van der Waals surface area contributed by atoms with Crippen LogP contribution in [-0.2, 0) is 4.74 Å². The highest BCUT2D eigenvalue weighted by atomic mass is 16.7. The first-order valence-corrected chi connectivity index (χ1v) is 4.79. The Morgan fingerprint density at radius 2 is 2.38 bits per heavy atom. The lowest BCUT2D eigenvalue weighted by molar-refractivity contribution is 0.103. The number of H-pyrrole nitrogens is 1. The van der Waals surface area contributed by atoms with Gasteiger partial charge in [0.25, 0.3) is 0 Å². The van der Waals surface area contributed by atoms with E-state index in [4.69, 9.17) is 10.5 Å². The zero-order chi connectivity index (χ0) is 11.5. The first-order valence-electron chi connectivity index (χ1n) is 4.79. The number of nitrogen functional groups attached to an aromatic ring is 1. The number of rotatable bonds is 2. The molecule has 0 aliphatic rings. The predicted molar refractivity (Wildman–Crippen MR) is 58.2 cm³/mol. The van der Waals surface area contributed by atoms with Crippen LogP contribution in [0.5, 0.6) is 5.88 Å². The SMILES string of the molecule is CCOC(=O)Oc1cc2nc(N)ccc2[nH]1. The van der Waals surface area contributed by atoms with Crippen molar-refractivity contribution in [2.75, 3.05) is 12.3 Å². The van der Waals surface area contributed by atoms with E-state index in [1.807, 2.05) is 0 Å². The number of ether oxygens (including phenoxy) is 2. The second-order valence-electron chi connectivity index (χ2n) is 3.09. The minimum absolute atomic E-state index is 0.268. The van der Waals surface area contributed by atoms with Gasteiger partial charge >= 0.3 is 6.16 Å². The van der Waals surface area contributed by atoms with Gasteiger partial charge in [-0.2, -0.15) is 0 Å². The summed E-state index contributed by atoms with van der Waals surface area (Å²) >= 11 is 0. The van der Waals surface area contributed by atoms with Crippen LogP contribution < -0.4 is 10.5 Å². The molecule has 2 aromatic rings. The Hall–Kier alpha value is -2.24. The van der Waals surface area contributed by atoms with E-state index in [9.17, 15) is 4.79 Å². The fourth-order valence-electron chi connectivity index (χ4n) is 1.29. The summed E-state index contributed by atoms with van der Waals surface area (Å²) < 4.78 is 9.52. The van der Waals surface area contributed by atoms with Crippen LogP contribution in [0.4, 0.5) is 10.6 Å². The van der Waals surface area contributed by atoms with Crippen LogP contribution in [0.25, 0.3) is 11.0 Å². The molecule has 0 atom stereocenters. The van der Waals surface area contributed by atoms with Crippen LogP contribution >= 0.6 is 0 Å². The third kappa shape index (κ3) is 2.05. The van der Waals surface area contributed by atoms with Crippen LogP contribution in [0.2, 0.25) is 0 Å². The summed E-state index contributed by atoms with van der Waals surface area (Å²) in [5.41, 5.74) is 6.91. The summed E-state index contributed by atoms with van der Waals surface area (Å²) in [5.74, 6) is 0.695. The van der Waals surface area contributed by atoms with E-state index in [2.05, 4.69) is 14.7 Å². The van der Waals surface area contributed by atoms with Crippen LogP contribution in [0, 0.1) is 0 Å². The molecule has 6 nitrogen and oxygen atoms in total. The zero-order valence-electron chi connectivity index (χ0n) is 8.69. The lowest BCUT2D eigenvalue weighted by atomic mass is 10.4. The molecule has 0 aliphatic carbocycles. The number of carbonyl (C=O) groups is 1. The molecule has 16 heavy (non-hydrogen) atoms. The average Bonchev–Trinajstić information content (AvgIpc) is 2.59. The summed E-state index contributed by atoms with van der Waals surface area (Å²) in [4.78, 5) is 18.0. The Bertz CT molecular complexity index is 521. The molecular weight excluding hydrogens is 210 g/mol. The summed E-state index contributed by atoms with van der Waals surface area (Å²) in [5, 5.41) is 0. The van der Waals surface area contributed by atoms with Gasteiger partial charge < -0.3 is 20.2 Å². The van der Waals surface area contributed by atoms with E-state index in [0.29, 0.717) is 11.3 Å². The summed E-state index contributed by atoms with van der Waals surface area (Å²) in [6.07, 6.45) is -0.748. The van der Waals surface area contributed by atoms with Gasteiger partial charge in [0.1, 0.15) is 5.82 Å². The number of pyridine rings is 1. The molecule has 0 fully saturated rings. The number of fused-ring (bicyclic) bond motifs is 1. The molecule has 2 aromatic heterocycles. The van der Waals surface area contributed by atoms with Gasteiger partial charge in [-0.25, -0.2) is 9.78 Å². The van der Waals surface area contributed by atoms with E-state index in [0.717, 1.165) is 5.52 Å². The highest BCUT2D eigenvalue weighted by Gasteiger charge is 2.08. The zero-order valence-corrected chi connectivity index (χ0v) is 8.69. The molecule has 0 radical (unpaired) electrons. The van der Waals surface area contributed by atoms with Gasteiger partial charge in [0.05, 0.1) is 17.6 Å². The Balaban J connectivity index is 2.23. The van der Waals surface area contributed by atoms with Crippen molar-refractivity contribution in [2.45, 2.75) is 6.92 Å². The maximum absolute atomic E-state index is 11.0. The van der Waals surface area contributed by atoms with Crippen molar-refractivity contribution in [2.24, 2.45) is 0 Å². The van der Waals surface area contributed by atoms with Crippen LogP contribution in [0.3, 0.4) is 0 Å². The average molecular weight is 221 g/mol. The number of nitrogens with zero attached hydrogens (tertiary/aromatic N) is 1. The second kappa shape index (κ2) is 4.09. The van der Waals surface area contributed by atoms with Gasteiger partial charge in [0.15, 0.2) is 0 Å². The molecule has 0 aromatic carbocycles. The Morgan fingerprint density at radius 1 is 1.56 bits per heavy atom. The summed E-state index contributed by atoms with van der Waals surface area (Å²) in [7, 11) is 0. The molecule has 0 bridgehead atoms. The number of carbonyl (C=O) groups excluding carboxylic acids is 1. The van der Waals surface area contributed by atoms with Crippen molar-refractivity contribution in [1.82, 2.24) is 9.97 Å². The number of anilines is 1. The molecule has 0 saturated heterocycles. The highest BCUT2D eigenvalue weighted by molar-refractivity contribution is 5.79. The van der Waals surface area contributed by atoms with Gasteiger partial charge in [-0.1, -0.05) is 0 Å². The molecule has 0 spiro atoms. The van der Waals surface area contributed by atoms with Crippen molar-refractivity contribution in [1.29, 1.82) is 0 Å². The van der Waals surface area contributed by atoms with Crippen molar-refractivity contribution in [3.8, 4) is 5.88 Å². The molecule has 6 heteroatoms. The van der Waals surface area contributed by atoms with Gasteiger partial charge in [0.2, 0.25) is 5.88 Å². The topological polar surface area (TPSA) is 90.2 Å². The first-order chi connectivity index (χ1) is 7.69. The van der Waals surface area contributed by atoms with E-state index < -0.39 is 6.16 Å². The first kappa shape index (κ1) is 10.3. The fraction of sp³-hybridized carbons (Fsp3) is 0.200. The highest BCUT2D eigenvalue weighted by Crippen LogP contribution is 2.19. The van der Waals surface area contributed by atoms with Gasteiger partial charge in [0, 0.05) is 6.07 Å². The lowest BCUT2D eigenvalue weighted by Gasteiger charge is -1.99. The summed E-state index contributed by atoms with van der Waals surface area (Å²) in [6, 6.07) is 5.01. The van der Waals surface area contributed by atoms with E-state index in [1.54, 1.807) is 25.1 Å². The van der Waals surface area contributed by atoms with Crippen molar-refractivity contribution < 1.29 is 14.3 Å². The Kier molecular flexibility index (Phi) is 2.63. The third-order valence-electron chi connectivity index (χ3n) is 1.93. The minimum atomic E-state index is -0.748. The number of hydrogen-bond donors (Lipinski definition) is 2. The van der Waals surface area contributed by atoms with Crippen molar-refractivity contribution in [3.05, 3.63) is 18.2 Å². The molecule has 0 saturated carbocycles. The Labute approximate surface area is 91.4 Å². The standard InChI is InChI=1S/C10H11N3O3/c1-2-15-10(14)16-9-5-7-6(13-9)3-4-8(11)12-7/h3-5,13H,2H2,1H3,(H2,11,12). The Morgan fingerprint density at radius 3 is 3.12 bits per heavy atom. The van der Waals surface area contributed by atoms with Gasteiger partial charge in [-0.3, -0.25) is 0 Å².